The van der Waals surface area contributed by atoms with E-state index in [2.05, 4.69) is 65.8 Å². The molecule has 0 spiro atoms. The normalized spacial score (nSPS) is 13.4. The van der Waals surface area contributed by atoms with Crippen molar-refractivity contribution in [3.63, 3.8) is 0 Å². The first kappa shape index (κ1) is 15.1. The summed E-state index contributed by atoms with van der Waals surface area (Å²) in [4.78, 5) is 1.49. The van der Waals surface area contributed by atoms with E-state index in [4.69, 9.17) is 0 Å². The molecule has 0 N–H and O–H groups in total. The average Bonchev–Trinajstić information content (AvgIpc) is 2.82. The van der Waals surface area contributed by atoms with Crippen LogP contribution in [0.1, 0.15) is 52.0 Å². The van der Waals surface area contributed by atoms with Gasteiger partial charge in [0.15, 0.2) is 0 Å². The van der Waals surface area contributed by atoms with Crippen molar-refractivity contribution in [1.82, 2.24) is 0 Å². The monoisotopic (exact) mass is 316 g/mol. The van der Waals surface area contributed by atoms with Gasteiger partial charge in [-0.05, 0) is 34.9 Å². The van der Waals surface area contributed by atoms with Crippen LogP contribution in [0.2, 0.25) is 0 Å². The summed E-state index contributed by atoms with van der Waals surface area (Å²) in [6, 6.07) is 9.44. The lowest BCUT2D eigenvalue weighted by Gasteiger charge is -2.18. The van der Waals surface area contributed by atoms with Crippen molar-refractivity contribution in [3.05, 3.63) is 34.7 Å². The van der Waals surface area contributed by atoms with E-state index in [0.29, 0.717) is 5.41 Å². The highest BCUT2D eigenvalue weighted by atomic mass is 32.1. The summed E-state index contributed by atoms with van der Waals surface area (Å²) in [5.41, 5.74) is 2.06. The van der Waals surface area contributed by atoms with Crippen molar-refractivity contribution in [2.24, 2.45) is 5.41 Å². The van der Waals surface area contributed by atoms with E-state index < -0.39 is 0 Å². The van der Waals surface area contributed by atoms with Crippen LogP contribution in [-0.2, 0) is 11.8 Å². The van der Waals surface area contributed by atoms with Gasteiger partial charge in [-0.3, -0.25) is 0 Å². The molecule has 0 atom stereocenters. The first-order valence-electron chi connectivity index (χ1n) is 7.59. The van der Waals surface area contributed by atoms with Crippen molar-refractivity contribution in [3.8, 4) is 0 Å². The zero-order chi connectivity index (χ0) is 15.4. The second kappa shape index (κ2) is 4.82. The summed E-state index contributed by atoms with van der Waals surface area (Å²) < 4.78 is 4.37. The molecule has 112 valence electrons. The molecule has 0 saturated heterocycles. The predicted molar refractivity (Wildman–Crippen MR) is 99.1 cm³/mol. The number of hydrogen-bond donors (Lipinski definition) is 0. The molecule has 0 fully saturated rings. The maximum Gasteiger partial charge on any atom is 0.0532 e. The van der Waals surface area contributed by atoms with Crippen LogP contribution in [-0.4, -0.2) is 0 Å². The molecule has 2 heteroatoms. The molecular weight excluding hydrogens is 292 g/mol. The number of benzene rings is 1. The summed E-state index contributed by atoms with van der Waals surface area (Å²) in [7, 11) is 0. The standard InChI is InChI=1S/C19H24S2/c1-18(2,3)11-12-7-8-13-14(9-12)20-15-10-16(19(4,5)6)21-17(13)15/h7-10H,11H2,1-6H3. The molecule has 0 amide bonds. The van der Waals surface area contributed by atoms with Gasteiger partial charge in [0.05, 0.1) is 4.70 Å². The minimum Gasteiger partial charge on any atom is -0.138 e. The van der Waals surface area contributed by atoms with Crippen molar-refractivity contribution >= 4 is 42.2 Å². The van der Waals surface area contributed by atoms with E-state index in [9.17, 15) is 0 Å². The third-order valence-corrected chi connectivity index (χ3v) is 6.51. The van der Waals surface area contributed by atoms with Gasteiger partial charge < -0.3 is 0 Å². The van der Waals surface area contributed by atoms with Crippen LogP contribution in [0.25, 0.3) is 19.5 Å². The molecule has 2 aromatic heterocycles. The molecule has 0 bridgehead atoms. The molecule has 0 aliphatic carbocycles. The lowest BCUT2D eigenvalue weighted by molar-refractivity contribution is 0.411. The molecule has 0 saturated carbocycles. The van der Waals surface area contributed by atoms with Gasteiger partial charge in [-0.1, -0.05) is 53.7 Å². The van der Waals surface area contributed by atoms with Gasteiger partial charge in [0.25, 0.3) is 0 Å². The molecule has 0 aliphatic heterocycles. The number of hydrogen-bond acceptors (Lipinski definition) is 2. The molecule has 21 heavy (non-hydrogen) atoms. The summed E-state index contributed by atoms with van der Waals surface area (Å²) in [6.07, 6.45) is 1.14. The Morgan fingerprint density at radius 3 is 2.19 bits per heavy atom. The second-order valence-electron chi connectivity index (χ2n) is 8.22. The SMILES string of the molecule is CC(C)(C)Cc1ccc2c(c1)sc1cc(C(C)(C)C)sc12. The van der Waals surface area contributed by atoms with Gasteiger partial charge >= 0.3 is 0 Å². The molecule has 1 aromatic carbocycles. The molecule has 0 nitrogen and oxygen atoms in total. The molecular formula is C19H24S2. The lowest BCUT2D eigenvalue weighted by atomic mass is 9.88. The Bertz CT molecular complexity index is 789. The zero-order valence-electron chi connectivity index (χ0n) is 13.8. The van der Waals surface area contributed by atoms with Crippen LogP contribution in [0.15, 0.2) is 24.3 Å². The highest BCUT2D eigenvalue weighted by molar-refractivity contribution is 7.32. The highest BCUT2D eigenvalue weighted by Crippen LogP contribution is 2.43. The fraction of sp³-hybridized carbons (Fsp3) is 0.474. The first-order valence-corrected chi connectivity index (χ1v) is 9.22. The maximum absolute atomic E-state index is 2.40. The van der Waals surface area contributed by atoms with E-state index in [1.54, 1.807) is 0 Å². The van der Waals surface area contributed by atoms with Crippen molar-refractivity contribution in [2.45, 2.75) is 53.4 Å². The molecule has 3 aromatic rings. The maximum atomic E-state index is 2.40. The van der Waals surface area contributed by atoms with Crippen LogP contribution in [0, 0.1) is 5.41 Å². The van der Waals surface area contributed by atoms with E-state index in [1.165, 1.54) is 29.9 Å². The molecule has 3 rings (SSSR count). The minimum absolute atomic E-state index is 0.252. The Kier molecular flexibility index (Phi) is 3.46. The molecule has 2 heterocycles. The van der Waals surface area contributed by atoms with Crippen LogP contribution in [0.5, 0.6) is 0 Å². The Balaban J connectivity index is 2.09. The molecule has 0 radical (unpaired) electrons. The van der Waals surface area contributed by atoms with E-state index in [1.807, 2.05) is 22.7 Å². The first-order chi connectivity index (χ1) is 9.63. The smallest absolute Gasteiger partial charge is 0.0532 e. The van der Waals surface area contributed by atoms with Gasteiger partial charge in [-0.25, -0.2) is 0 Å². The van der Waals surface area contributed by atoms with Crippen LogP contribution in [0.3, 0.4) is 0 Å². The highest BCUT2D eigenvalue weighted by Gasteiger charge is 2.19. The Labute approximate surface area is 135 Å². The summed E-state index contributed by atoms with van der Waals surface area (Å²) in [5, 5.41) is 1.44. The fourth-order valence-electron chi connectivity index (χ4n) is 2.69. The summed E-state index contributed by atoms with van der Waals surface area (Å²) >= 11 is 3.92. The van der Waals surface area contributed by atoms with Gasteiger partial charge in [0.2, 0.25) is 0 Å². The lowest BCUT2D eigenvalue weighted by Crippen LogP contribution is -2.08. The molecule has 0 aliphatic rings. The summed E-state index contributed by atoms with van der Waals surface area (Å²) in [5.74, 6) is 0. The Morgan fingerprint density at radius 1 is 0.857 bits per heavy atom. The fourth-order valence-corrected chi connectivity index (χ4v) is 5.33. The quantitative estimate of drug-likeness (QED) is 0.453. The van der Waals surface area contributed by atoms with Crippen LogP contribution in [0.4, 0.5) is 0 Å². The van der Waals surface area contributed by atoms with Crippen molar-refractivity contribution in [1.29, 1.82) is 0 Å². The minimum atomic E-state index is 0.252. The predicted octanol–water partition coefficient (Wildman–Crippen LogP) is 7.00. The Hall–Kier alpha value is -0.860. The van der Waals surface area contributed by atoms with Gasteiger partial charge in [-0.15, -0.1) is 22.7 Å². The third-order valence-electron chi connectivity index (χ3n) is 3.68. The zero-order valence-corrected chi connectivity index (χ0v) is 15.5. The van der Waals surface area contributed by atoms with Crippen molar-refractivity contribution in [2.75, 3.05) is 0 Å². The second-order valence-corrected chi connectivity index (χ2v) is 10.4. The number of rotatable bonds is 1. The van der Waals surface area contributed by atoms with Gasteiger partial charge in [0, 0.05) is 19.7 Å². The van der Waals surface area contributed by atoms with E-state index >= 15 is 0 Å². The van der Waals surface area contributed by atoms with Crippen molar-refractivity contribution < 1.29 is 0 Å². The summed E-state index contributed by atoms with van der Waals surface area (Å²) in [6.45, 7) is 13.8. The van der Waals surface area contributed by atoms with E-state index in [0.717, 1.165) is 6.42 Å². The molecule has 0 unspecified atom stereocenters. The van der Waals surface area contributed by atoms with Gasteiger partial charge in [0.1, 0.15) is 0 Å². The topological polar surface area (TPSA) is 0 Å². The average molecular weight is 317 g/mol. The third kappa shape index (κ3) is 3.02. The Morgan fingerprint density at radius 2 is 1.57 bits per heavy atom. The largest absolute Gasteiger partial charge is 0.138 e. The number of fused-ring (bicyclic) bond motifs is 3. The van der Waals surface area contributed by atoms with Gasteiger partial charge in [-0.2, -0.15) is 0 Å². The van der Waals surface area contributed by atoms with Crippen LogP contribution < -0.4 is 0 Å². The van der Waals surface area contributed by atoms with Crippen LogP contribution >= 0.6 is 22.7 Å². The number of thiophene rings is 2. The van der Waals surface area contributed by atoms with E-state index in [-0.39, 0.29) is 5.41 Å².